The predicted molar refractivity (Wildman–Crippen MR) is 144 cm³/mol. The molecule has 0 aliphatic carbocycles. The van der Waals surface area contributed by atoms with Crippen LogP contribution in [0.3, 0.4) is 0 Å². The van der Waals surface area contributed by atoms with Crippen molar-refractivity contribution in [2.45, 2.75) is 4.90 Å². The smallest absolute Gasteiger partial charge is 0.264 e. The summed E-state index contributed by atoms with van der Waals surface area (Å²) in [6, 6.07) is 9.09. The molecule has 0 saturated carbocycles. The molecular formula is C26H21ClF2N6O3S. The van der Waals surface area contributed by atoms with E-state index in [0.717, 1.165) is 17.5 Å². The van der Waals surface area contributed by atoms with Crippen molar-refractivity contribution in [3.05, 3.63) is 84.4 Å². The third-order valence-electron chi connectivity index (χ3n) is 6.28. The SMILES string of the molecule is C=CC(=O)N1CCN(c2ncnc3ccc(-c4cnc(Cl)c(NS(=O)(=O)c5ccc(F)cc5F)c4)cc23)CC1. The highest BCUT2D eigenvalue weighted by Gasteiger charge is 2.23. The second-order valence-corrected chi connectivity index (χ2v) is 10.7. The Balaban J connectivity index is 1.47. The highest BCUT2D eigenvalue weighted by atomic mass is 35.5. The number of rotatable bonds is 6. The van der Waals surface area contributed by atoms with Crippen LogP contribution in [0.15, 0.2) is 72.5 Å². The second-order valence-electron chi connectivity index (χ2n) is 8.69. The number of benzene rings is 2. The molecule has 1 amide bonds. The Kier molecular flexibility index (Phi) is 7.15. The summed E-state index contributed by atoms with van der Waals surface area (Å²) < 4.78 is 55.3. The first kappa shape index (κ1) is 26.4. The van der Waals surface area contributed by atoms with Gasteiger partial charge in [-0.3, -0.25) is 9.52 Å². The van der Waals surface area contributed by atoms with Gasteiger partial charge in [-0.2, -0.15) is 0 Å². The number of halogens is 3. The highest BCUT2D eigenvalue weighted by molar-refractivity contribution is 7.92. The lowest BCUT2D eigenvalue weighted by Gasteiger charge is -2.35. The average molecular weight is 571 g/mol. The monoisotopic (exact) mass is 570 g/mol. The summed E-state index contributed by atoms with van der Waals surface area (Å²) in [6.07, 6.45) is 4.25. The number of anilines is 2. The lowest BCUT2D eigenvalue weighted by molar-refractivity contribution is -0.126. The van der Waals surface area contributed by atoms with Crippen molar-refractivity contribution in [2.24, 2.45) is 0 Å². The first-order chi connectivity index (χ1) is 18.7. The van der Waals surface area contributed by atoms with Crippen LogP contribution in [0, 0.1) is 11.6 Å². The van der Waals surface area contributed by atoms with E-state index < -0.39 is 26.6 Å². The summed E-state index contributed by atoms with van der Waals surface area (Å²) in [6.45, 7) is 5.73. The molecule has 2 aromatic heterocycles. The van der Waals surface area contributed by atoms with Gasteiger partial charge in [0.05, 0.1) is 11.2 Å². The van der Waals surface area contributed by atoms with Gasteiger partial charge in [0.2, 0.25) is 5.91 Å². The molecule has 1 saturated heterocycles. The van der Waals surface area contributed by atoms with Crippen LogP contribution in [0.1, 0.15) is 0 Å². The molecule has 200 valence electrons. The summed E-state index contributed by atoms with van der Waals surface area (Å²) >= 11 is 6.16. The minimum Gasteiger partial charge on any atom is -0.352 e. The Morgan fingerprint density at radius 3 is 2.49 bits per heavy atom. The first-order valence-electron chi connectivity index (χ1n) is 11.7. The molecular weight excluding hydrogens is 550 g/mol. The van der Waals surface area contributed by atoms with Gasteiger partial charge in [-0.05, 0) is 42.0 Å². The molecule has 1 fully saturated rings. The third kappa shape index (κ3) is 5.38. The normalized spacial score (nSPS) is 13.9. The van der Waals surface area contributed by atoms with Crippen LogP contribution in [0.5, 0.6) is 0 Å². The molecule has 13 heteroatoms. The van der Waals surface area contributed by atoms with Crippen LogP contribution in [-0.4, -0.2) is 60.4 Å². The Morgan fingerprint density at radius 1 is 1.00 bits per heavy atom. The van der Waals surface area contributed by atoms with Crippen LogP contribution in [-0.2, 0) is 14.8 Å². The molecule has 3 heterocycles. The van der Waals surface area contributed by atoms with Crippen molar-refractivity contribution in [1.82, 2.24) is 19.9 Å². The Hall–Kier alpha value is -4.16. The first-order valence-corrected chi connectivity index (χ1v) is 13.6. The summed E-state index contributed by atoms with van der Waals surface area (Å²) in [7, 11) is -4.43. The molecule has 2 aromatic carbocycles. The fourth-order valence-electron chi connectivity index (χ4n) is 4.31. The second kappa shape index (κ2) is 10.5. The number of nitrogens with zero attached hydrogens (tertiary/aromatic N) is 5. The van der Waals surface area contributed by atoms with Gasteiger partial charge >= 0.3 is 0 Å². The van der Waals surface area contributed by atoms with E-state index in [1.807, 2.05) is 6.07 Å². The molecule has 1 N–H and O–H groups in total. The van der Waals surface area contributed by atoms with E-state index in [1.165, 1.54) is 24.7 Å². The number of piperazine rings is 1. The maximum absolute atomic E-state index is 14.2. The Labute approximate surface area is 227 Å². The topological polar surface area (TPSA) is 108 Å². The third-order valence-corrected chi connectivity index (χ3v) is 7.98. The number of hydrogen-bond acceptors (Lipinski definition) is 7. The van der Waals surface area contributed by atoms with Crippen LogP contribution >= 0.6 is 11.6 Å². The number of amides is 1. The molecule has 9 nitrogen and oxygen atoms in total. The fraction of sp³-hybridized carbons (Fsp3) is 0.154. The number of sulfonamides is 1. The van der Waals surface area contributed by atoms with E-state index in [4.69, 9.17) is 11.6 Å². The van der Waals surface area contributed by atoms with Gasteiger partial charge in [0.1, 0.15) is 28.7 Å². The minimum absolute atomic E-state index is 0.0782. The quantitative estimate of drug-likeness (QED) is 0.272. The fourth-order valence-corrected chi connectivity index (χ4v) is 5.64. The zero-order chi connectivity index (χ0) is 27.7. The molecule has 0 atom stereocenters. The number of aromatic nitrogens is 3. The van der Waals surface area contributed by atoms with Crippen molar-refractivity contribution in [2.75, 3.05) is 35.8 Å². The Bertz CT molecular complexity index is 1710. The van der Waals surface area contributed by atoms with Crippen LogP contribution < -0.4 is 9.62 Å². The number of fused-ring (bicyclic) bond motifs is 1. The van der Waals surface area contributed by atoms with Gasteiger partial charge in [0.25, 0.3) is 10.0 Å². The molecule has 1 aliphatic rings. The molecule has 39 heavy (non-hydrogen) atoms. The summed E-state index contributed by atoms with van der Waals surface area (Å²) in [5.74, 6) is -1.56. The highest BCUT2D eigenvalue weighted by Crippen LogP contribution is 2.32. The summed E-state index contributed by atoms with van der Waals surface area (Å²) in [5, 5.41) is 0.602. The number of carbonyl (C=O) groups is 1. The average Bonchev–Trinajstić information content (AvgIpc) is 2.93. The van der Waals surface area contributed by atoms with Crippen molar-refractivity contribution in [3.63, 3.8) is 0 Å². The van der Waals surface area contributed by atoms with Crippen LogP contribution in [0.4, 0.5) is 20.3 Å². The minimum atomic E-state index is -4.43. The van der Waals surface area contributed by atoms with Gasteiger partial charge in [-0.15, -0.1) is 0 Å². The molecule has 0 spiro atoms. The maximum Gasteiger partial charge on any atom is 0.264 e. The molecule has 1 aliphatic heterocycles. The van der Waals surface area contributed by atoms with E-state index in [9.17, 15) is 22.0 Å². The molecule has 5 rings (SSSR count). The van der Waals surface area contributed by atoms with Crippen molar-refractivity contribution in [1.29, 1.82) is 0 Å². The molecule has 0 radical (unpaired) electrons. The van der Waals surface area contributed by atoms with Gasteiger partial charge in [0.15, 0.2) is 5.15 Å². The standard InChI is InChI=1S/C26H21ClF2N6O3S/c1-2-24(36)34-7-9-35(10-8-34)26-19-11-16(3-5-21(19)31-15-32-26)17-12-22(25(27)30-14-17)33-39(37,38)23-6-4-18(28)13-20(23)29/h2-6,11-15,33H,1,7-10H2. The van der Waals surface area contributed by atoms with Gasteiger partial charge in [-0.25, -0.2) is 32.2 Å². The van der Waals surface area contributed by atoms with E-state index in [-0.39, 0.29) is 16.7 Å². The maximum atomic E-state index is 14.2. The lowest BCUT2D eigenvalue weighted by atomic mass is 10.0. The molecule has 0 unspecified atom stereocenters. The molecule has 4 aromatic rings. The number of carbonyl (C=O) groups excluding carboxylic acids is 1. The predicted octanol–water partition coefficient (Wildman–Crippen LogP) is 4.26. The molecule has 0 bridgehead atoms. The zero-order valence-corrected chi connectivity index (χ0v) is 21.9. The van der Waals surface area contributed by atoms with E-state index in [0.29, 0.717) is 54.7 Å². The largest absolute Gasteiger partial charge is 0.352 e. The zero-order valence-electron chi connectivity index (χ0n) is 20.3. The van der Waals surface area contributed by atoms with E-state index >= 15 is 0 Å². The van der Waals surface area contributed by atoms with Crippen molar-refractivity contribution in [3.8, 4) is 11.1 Å². The Morgan fingerprint density at radius 2 is 1.77 bits per heavy atom. The van der Waals surface area contributed by atoms with Gasteiger partial charge in [0, 0.05) is 49.4 Å². The van der Waals surface area contributed by atoms with Gasteiger partial charge < -0.3 is 9.80 Å². The number of hydrogen-bond donors (Lipinski definition) is 1. The summed E-state index contributed by atoms with van der Waals surface area (Å²) in [5.41, 5.74) is 1.82. The van der Waals surface area contributed by atoms with Crippen molar-refractivity contribution < 1.29 is 22.0 Å². The lowest BCUT2D eigenvalue weighted by Crippen LogP contribution is -2.48. The number of pyridine rings is 1. The van der Waals surface area contributed by atoms with Crippen LogP contribution in [0.2, 0.25) is 5.15 Å². The van der Waals surface area contributed by atoms with Crippen LogP contribution in [0.25, 0.3) is 22.0 Å². The van der Waals surface area contributed by atoms with E-state index in [1.54, 1.807) is 17.0 Å². The van der Waals surface area contributed by atoms with Gasteiger partial charge in [-0.1, -0.05) is 24.2 Å². The van der Waals surface area contributed by atoms with E-state index in [2.05, 4.69) is 31.2 Å². The number of nitrogens with one attached hydrogen (secondary N) is 1. The summed E-state index contributed by atoms with van der Waals surface area (Å²) in [4.78, 5) is 27.9. The van der Waals surface area contributed by atoms with Crippen molar-refractivity contribution >= 4 is 49.9 Å².